The van der Waals surface area contributed by atoms with Gasteiger partial charge in [0, 0.05) is 13.2 Å². The zero-order valence-electron chi connectivity index (χ0n) is 18.4. The van der Waals surface area contributed by atoms with E-state index < -0.39 is 10.0 Å². The van der Waals surface area contributed by atoms with E-state index in [-0.39, 0.29) is 11.8 Å². The van der Waals surface area contributed by atoms with Gasteiger partial charge in [-0.2, -0.15) is 0 Å². The van der Waals surface area contributed by atoms with E-state index in [4.69, 9.17) is 4.74 Å². The highest BCUT2D eigenvalue weighted by atomic mass is 32.2. The molecule has 162 valence electrons. The number of benzene rings is 1. The third-order valence-corrected chi connectivity index (χ3v) is 8.71. The lowest BCUT2D eigenvalue weighted by Crippen LogP contribution is -2.59. The Morgan fingerprint density at radius 3 is 2.28 bits per heavy atom. The lowest BCUT2D eigenvalue weighted by Gasteiger charge is -2.61. The quantitative estimate of drug-likeness (QED) is 0.685. The van der Waals surface area contributed by atoms with Crippen molar-refractivity contribution < 1.29 is 13.2 Å². The summed E-state index contributed by atoms with van der Waals surface area (Å²) < 4.78 is 34.6. The van der Waals surface area contributed by atoms with E-state index in [1.807, 2.05) is 24.3 Å². The van der Waals surface area contributed by atoms with Gasteiger partial charge >= 0.3 is 0 Å². The van der Waals surface area contributed by atoms with E-state index in [9.17, 15) is 8.42 Å². The van der Waals surface area contributed by atoms with Crippen LogP contribution in [-0.2, 0) is 27.1 Å². The Morgan fingerprint density at radius 2 is 1.69 bits per heavy atom. The predicted molar refractivity (Wildman–Crippen MR) is 117 cm³/mol. The molecule has 0 radical (unpaired) electrons. The smallest absolute Gasteiger partial charge is 0.216 e. The number of methoxy groups -OCH3 is 1. The van der Waals surface area contributed by atoms with Crippen molar-refractivity contribution in [3.63, 3.8) is 0 Å². The Hall–Kier alpha value is -0.910. The molecule has 0 saturated heterocycles. The molecule has 2 unspecified atom stereocenters. The van der Waals surface area contributed by atoms with Crippen LogP contribution in [0.5, 0.6) is 0 Å². The van der Waals surface area contributed by atoms with E-state index in [1.165, 1.54) is 38.5 Å². The van der Waals surface area contributed by atoms with Gasteiger partial charge in [0.15, 0.2) is 0 Å². The van der Waals surface area contributed by atoms with Crippen molar-refractivity contribution in [3.8, 4) is 0 Å². The Balaban J connectivity index is 1.48. The summed E-state index contributed by atoms with van der Waals surface area (Å²) in [6.45, 7) is 7.49. The molecule has 5 heteroatoms. The molecule has 4 aliphatic rings. The van der Waals surface area contributed by atoms with Crippen LogP contribution in [-0.4, -0.2) is 21.6 Å². The minimum absolute atomic E-state index is 0.0407. The lowest BCUT2D eigenvalue weighted by molar-refractivity contribution is -0.0881. The Kier molecular flexibility index (Phi) is 5.63. The zero-order chi connectivity index (χ0) is 20.9. The first-order chi connectivity index (χ1) is 13.6. The van der Waals surface area contributed by atoms with Crippen LogP contribution in [0.1, 0.15) is 70.4 Å². The summed E-state index contributed by atoms with van der Waals surface area (Å²) in [6.07, 6.45) is 7.44. The number of rotatable bonds is 7. The van der Waals surface area contributed by atoms with Crippen LogP contribution in [0, 0.1) is 28.6 Å². The zero-order valence-corrected chi connectivity index (χ0v) is 19.2. The second-order valence-corrected chi connectivity index (χ2v) is 13.1. The molecular weight excluding hydrogens is 382 g/mol. The predicted octanol–water partition coefficient (Wildman–Crippen LogP) is 4.88. The molecule has 4 aliphatic carbocycles. The van der Waals surface area contributed by atoms with Gasteiger partial charge in [-0.05, 0) is 78.2 Å². The molecule has 0 spiro atoms. The van der Waals surface area contributed by atoms with Gasteiger partial charge in [-0.1, -0.05) is 45.0 Å². The first-order valence-electron chi connectivity index (χ1n) is 11.1. The Morgan fingerprint density at radius 1 is 1.07 bits per heavy atom. The number of sulfonamides is 1. The molecule has 1 N–H and O–H groups in total. The maximum atomic E-state index is 13.1. The molecular formula is C24H37NO3S. The molecule has 4 saturated carbocycles. The van der Waals surface area contributed by atoms with Gasteiger partial charge in [-0.15, -0.1) is 0 Å². The van der Waals surface area contributed by atoms with Gasteiger partial charge in [0.25, 0.3) is 0 Å². The fourth-order valence-corrected chi connectivity index (χ4v) is 8.75. The van der Waals surface area contributed by atoms with E-state index in [0.29, 0.717) is 29.3 Å². The fourth-order valence-electron chi connectivity index (χ4n) is 7.17. The molecule has 1 aromatic carbocycles. The van der Waals surface area contributed by atoms with Crippen molar-refractivity contribution in [2.75, 3.05) is 7.11 Å². The van der Waals surface area contributed by atoms with E-state index >= 15 is 0 Å². The second-order valence-electron chi connectivity index (χ2n) is 11.3. The van der Waals surface area contributed by atoms with Crippen molar-refractivity contribution in [2.45, 2.75) is 77.7 Å². The maximum absolute atomic E-state index is 13.1. The number of hydrogen-bond donors (Lipinski definition) is 1. The van der Waals surface area contributed by atoms with Gasteiger partial charge in [0.2, 0.25) is 10.0 Å². The van der Waals surface area contributed by atoms with Crippen molar-refractivity contribution in [2.24, 2.45) is 28.6 Å². The van der Waals surface area contributed by atoms with Gasteiger partial charge in [0.1, 0.15) is 0 Å². The normalized spacial score (nSPS) is 33.9. The number of ether oxygens (including phenoxy) is 1. The summed E-state index contributed by atoms with van der Waals surface area (Å²) in [6, 6.07) is 7.82. The van der Waals surface area contributed by atoms with E-state index in [2.05, 4.69) is 25.5 Å². The number of nitrogens with one attached hydrogen (secondary N) is 1. The molecule has 4 bridgehead atoms. The van der Waals surface area contributed by atoms with Crippen LogP contribution in [0.2, 0.25) is 0 Å². The first-order valence-corrected chi connectivity index (χ1v) is 12.8. The lowest BCUT2D eigenvalue weighted by atomic mass is 9.46. The van der Waals surface area contributed by atoms with Gasteiger partial charge in [-0.25, -0.2) is 13.1 Å². The third kappa shape index (κ3) is 4.72. The largest absolute Gasteiger partial charge is 0.380 e. The van der Waals surface area contributed by atoms with Gasteiger partial charge < -0.3 is 4.74 Å². The van der Waals surface area contributed by atoms with E-state index in [1.54, 1.807) is 7.11 Å². The molecule has 4 nitrogen and oxygen atoms in total. The molecule has 0 heterocycles. The van der Waals surface area contributed by atoms with Crippen LogP contribution < -0.4 is 4.72 Å². The van der Waals surface area contributed by atoms with Crippen molar-refractivity contribution in [1.29, 1.82) is 0 Å². The molecule has 1 aromatic rings. The molecule has 29 heavy (non-hydrogen) atoms. The minimum Gasteiger partial charge on any atom is -0.380 e. The molecule has 4 fully saturated rings. The average Bonchev–Trinajstić information content (AvgIpc) is 2.57. The molecule has 0 aliphatic heterocycles. The van der Waals surface area contributed by atoms with Crippen LogP contribution >= 0.6 is 0 Å². The summed E-state index contributed by atoms with van der Waals surface area (Å²) in [5, 5.41) is 0. The van der Waals surface area contributed by atoms with Crippen LogP contribution in [0.4, 0.5) is 0 Å². The minimum atomic E-state index is -3.38. The highest BCUT2D eigenvalue weighted by Crippen LogP contribution is 2.63. The van der Waals surface area contributed by atoms with Crippen LogP contribution in [0.25, 0.3) is 0 Å². The Labute approximate surface area is 176 Å². The van der Waals surface area contributed by atoms with Crippen molar-refractivity contribution in [3.05, 3.63) is 35.4 Å². The monoisotopic (exact) mass is 419 g/mol. The molecule has 0 amide bonds. The summed E-state index contributed by atoms with van der Waals surface area (Å²) in [5.74, 6) is 1.86. The molecule has 0 aromatic heterocycles. The van der Waals surface area contributed by atoms with Gasteiger partial charge in [0.05, 0.1) is 12.4 Å². The summed E-state index contributed by atoms with van der Waals surface area (Å²) in [4.78, 5) is 0. The SMILES string of the molecule is COCc1ccccc1CS(=O)(=O)NC1C2CC3CC1CC(CC(C)(C)C)(C3)C2. The number of hydrogen-bond acceptors (Lipinski definition) is 3. The third-order valence-electron chi connectivity index (χ3n) is 7.38. The van der Waals surface area contributed by atoms with Gasteiger partial charge in [-0.3, -0.25) is 0 Å². The summed E-state index contributed by atoms with van der Waals surface area (Å²) >= 11 is 0. The van der Waals surface area contributed by atoms with Crippen LogP contribution in [0.3, 0.4) is 0 Å². The molecule has 2 atom stereocenters. The highest BCUT2D eigenvalue weighted by Gasteiger charge is 2.56. The fraction of sp³-hybridized carbons (Fsp3) is 0.750. The first kappa shape index (κ1) is 21.3. The van der Waals surface area contributed by atoms with Crippen LogP contribution in [0.15, 0.2) is 24.3 Å². The topological polar surface area (TPSA) is 55.4 Å². The maximum Gasteiger partial charge on any atom is 0.216 e. The standard InChI is InChI=1S/C24H37NO3S/c1-23(2,3)16-24-11-17-9-20(12-24)22(21(10-17)13-24)25-29(26,27)15-19-8-6-5-7-18(19)14-28-4/h5-8,17,20-22,25H,9-16H2,1-4H3. The highest BCUT2D eigenvalue weighted by molar-refractivity contribution is 7.88. The Bertz CT molecular complexity index is 826. The van der Waals surface area contributed by atoms with Crippen molar-refractivity contribution >= 4 is 10.0 Å². The summed E-state index contributed by atoms with van der Waals surface area (Å²) in [7, 11) is -1.74. The second kappa shape index (κ2) is 7.65. The summed E-state index contributed by atoms with van der Waals surface area (Å²) in [5.41, 5.74) is 2.58. The van der Waals surface area contributed by atoms with Crippen molar-refractivity contribution in [1.82, 2.24) is 4.72 Å². The molecule has 5 rings (SSSR count). The van der Waals surface area contributed by atoms with E-state index in [0.717, 1.165) is 17.0 Å². The average molecular weight is 420 g/mol.